The van der Waals surface area contributed by atoms with Crippen molar-refractivity contribution >= 4 is 23.2 Å². The van der Waals surface area contributed by atoms with Gasteiger partial charge in [0.15, 0.2) is 0 Å². The summed E-state index contributed by atoms with van der Waals surface area (Å²) in [6.45, 7) is 0. The van der Waals surface area contributed by atoms with E-state index in [0.29, 0.717) is 23.5 Å². The van der Waals surface area contributed by atoms with Gasteiger partial charge in [0.2, 0.25) is 11.4 Å². The Morgan fingerprint density at radius 1 is 1.36 bits per heavy atom. The Morgan fingerprint density at radius 3 is 2.77 bits per heavy atom. The summed E-state index contributed by atoms with van der Waals surface area (Å²) in [6.07, 6.45) is 5.04. The molecule has 1 amide bonds. The topological polar surface area (TPSA) is 89.6 Å². The number of allylic oxidation sites excluding steroid dienone is 4. The minimum atomic E-state index is -0.533. The molecule has 0 spiro atoms. The third-order valence-electron chi connectivity index (χ3n) is 3.10. The van der Waals surface area contributed by atoms with Crippen molar-refractivity contribution in [1.29, 1.82) is 0 Å². The standard InChI is InChI=1S/C15H18N3O4/c1-17(2)15(19)22-14-10-6-5-9-13(14)18(21)12-8-4-3-7-11(12)16-20/h3-8,10,16,20-21H,9H2,1-2H3/q+1/p+1/b18-13-. The van der Waals surface area contributed by atoms with Gasteiger partial charge in [-0.05, 0) is 6.08 Å². The van der Waals surface area contributed by atoms with Crippen LogP contribution in [0.15, 0.2) is 48.3 Å². The monoisotopic (exact) mass is 305 g/mol. The first-order valence-electron chi connectivity index (χ1n) is 6.72. The van der Waals surface area contributed by atoms with Gasteiger partial charge in [0, 0.05) is 31.0 Å². The van der Waals surface area contributed by atoms with Crippen LogP contribution in [-0.2, 0) is 4.74 Å². The highest BCUT2D eigenvalue weighted by molar-refractivity contribution is 5.99. The van der Waals surface area contributed by atoms with Gasteiger partial charge in [-0.2, -0.15) is 5.48 Å². The Labute approximate surface area is 128 Å². The zero-order valence-corrected chi connectivity index (χ0v) is 12.4. The molecule has 0 atom stereocenters. The summed E-state index contributed by atoms with van der Waals surface area (Å²) in [5, 5.41) is 19.7. The molecule has 0 saturated carbocycles. The largest absolute Gasteiger partial charge is 0.414 e. The van der Waals surface area contributed by atoms with Crippen LogP contribution >= 0.6 is 0 Å². The molecule has 0 radical (unpaired) electrons. The number of hydrogen-bond acceptors (Lipinski definition) is 4. The quantitative estimate of drug-likeness (QED) is 0.340. The molecule has 0 unspecified atom stereocenters. The Bertz CT molecular complexity index is 663. The summed E-state index contributed by atoms with van der Waals surface area (Å²) < 4.78 is 6.18. The van der Waals surface area contributed by atoms with Crippen molar-refractivity contribution in [3.8, 4) is 0 Å². The van der Waals surface area contributed by atoms with Crippen LogP contribution in [-0.4, -0.2) is 46.0 Å². The van der Waals surface area contributed by atoms with Gasteiger partial charge in [-0.15, -0.1) is 0 Å². The van der Waals surface area contributed by atoms with Crippen LogP contribution in [0.5, 0.6) is 0 Å². The second kappa shape index (κ2) is 6.88. The molecule has 7 heteroatoms. The van der Waals surface area contributed by atoms with Gasteiger partial charge in [-0.1, -0.05) is 24.3 Å². The summed E-state index contributed by atoms with van der Waals surface area (Å²) in [4.78, 5) is 13.0. The van der Waals surface area contributed by atoms with Crippen molar-refractivity contribution < 1.29 is 30.2 Å². The Balaban J connectivity index is 2.41. The van der Waals surface area contributed by atoms with E-state index in [9.17, 15) is 15.2 Å². The number of amides is 1. The van der Waals surface area contributed by atoms with Crippen molar-refractivity contribution in [2.24, 2.45) is 0 Å². The van der Waals surface area contributed by atoms with Gasteiger partial charge in [0.25, 0.3) is 5.71 Å². The SMILES string of the molecule is CN(C)C(=O)OC1=CC=CC/C1=[N+](/O)c1ccccc1[NH2+]O. The molecule has 7 nitrogen and oxygen atoms in total. The van der Waals surface area contributed by atoms with E-state index in [-0.39, 0.29) is 5.76 Å². The Hall–Kier alpha value is -2.64. The maximum Gasteiger partial charge on any atom is 0.414 e. The molecule has 0 heterocycles. The van der Waals surface area contributed by atoms with Gasteiger partial charge >= 0.3 is 11.8 Å². The number of ether oxygens (including phenoxy) is 1. The highest BCUT2D eigenvalue weighted by atomic mass is 16.6. The lowest BCUT2D eigenvalue weighted by Crippen LogP contribution is -2.73. The zero-order valence-electron chi connectivity index (χ0n) is 12.4. The zero-order chi connectivity index (χ0) is 16.1. The van der Waals surface area contributed by atoms with E-state index in [1.165, 1.54) is 4.90 Å². The first-order valence-corrected chi connectivity index (χ1v) is 6.72. The lowest BCUT2D eigenvalue weighted by Gasteiger charge is -2.13. The van der Waals surface area contributed by atoms with Crippen molar-refractivity contribution in [2.45, 2.75) is 6.42 Å². The molecule has 1 aliphatic rings. The molecule has 0 saturated heterocycles. The van der Waals surface area contributed by atoms with Gasteiger partial charge in [-0.3, -0.25) is 5.21 Å². The first-order chi connectivity index (χ1) is 10.5. The molecule has 1 aromatic rings. The van der Waals surface area contributed by atoms with Crippen molar-refractivity contribution in [3.05, 3.63) is 48.3 Å². The summed E-state index contributed by atoms with van der Waals surface area (Å²) in [6, 6.07) is 6.79. The Kier molecular flexibility index (Phi) is 4.92. The van der Waals surface area contributed by atoms with Crippen molar-refractivity contribution in [2.75, 3.05) is 14.1 Å². The molecule has 4 N–H and O–H groups in total. The van der Waals surface area contributed by atoms with Crippen LogP contribution in [0.1, 0.15) is 6.42 Å². The second-order valence-corrected chi connectivity index (χ2v) is 4.87. The number of para-hydroxylation sites is 2. The highest BCUT2D eigenvalue weighted by Gasteiger charge is 2.29. The van der Waals surface area contributed by atoms with E-state index in [2.05, 4.69) is 0 Å². The molecular formula is C15H19N3O4+2. The van der Waals surface area contributed by atoms with Crippen LogP contribution in [0.2, 0.25) is 0 Å². The minimum Gasteiger partial charge on any atom is -0.403 e. The molecule has 22 heavy (non-hydrogen) atoms. The predicted octanol–water partition coefficient (Wildman–Crippen LogP) is 1.29. The number of hydrogen-bond donors (Lipinski definition) is 3. The van der Waals surface area contributed by atoms with Crippen molar-refractivity contribution in [3.63, 3.8) is 0 Å². The fourth-order valence-corrected chi connectivity index (χ4v) is 1.94. The van der Waals surface area contributed by atoms with Crippen molar-refractivity contribution in [1.82, 2.24) is 4.90 Å². The van der Waals surface area contributed by atoms with E-state index in [4.69, 9.17) is 4.74 Å². The molecular weight excluding hydrogens is 286 g/mol. The third-order valence-corrected chi connectivity index (χ3v) is 3.10. The minimum absolute atomic E-state index is 0.261. The maximum absolute atomic E-state index is 11.7. The van der Waals surface area contributed by atoms with E-state index in [1.807, 2.05) is 6.08 Å². The number of nitrogens with two attached hydrogens (primary N) is 1. The Morgan fingerprint density at radius 2 is 2.09 bits per heavy atom. The van der Waals surface area contributed by atoms with E-state index < -0.39 is 6.09 Å². The van der Waals surface area contributed by atoms with E-state index in [0.717, 1.165) is 10.2 Å². The van der Waals surface area contributed by atoms with Gasteiger partial charge < -0.3 is 9.64 Å². The van der Waals surface area contributed by atoms with Crippen LogP contribution < -0.4 is 5.48 Å². The second-order valence-electron chi connectivity index (χ2n) is 4.87. The molecule has 0 aliphatic heterocycles. The number of quaternary nitrogens is 1. The number of carbonyl (C=O) groups excluding carboxylic acids is 1. The van der Waals surface area contributed by atoms with Crippen LogP contribution in [0, 0.1) is 0 Å². The molecule has 1 aromatic carbocycles. The molecule has 0 bridgehead atoms. The number of rotatable bonds is 3. The fraction of sp³-hybridized carbons (Fsp3) is 0.200. The van der Waals surface area contributed by atoms with Gasteiger partial charge in [0.05, 0.1) is 6.42 Å². The summed E-state index contributed by atoms with van der Waals surface area (Å²) >= 11 is 0. The average Bonchev–Trinajstić information content (AvgIpc) is 2.54. The van der Waals surface area contributed by atoms with Crippen LogP contribution in [0.25, 0.3) is 0 Å². The van der Waals surface area contributed by atoms with Crippen LogP contribution in [0.4, 0.5) is 16.2 Å². The summed E-state index contributed by atoms with van der Waals surface area (Å²) in [5.74, 6) is 0.261. The summed E-state index contributed by atoms with van der Waals surface area (Å²) in [7, 11) is 3.15. The molecule has 1 aliphatic carbocycles. The normalized spacial score (nSPS) is 16.0. The summed E-state index contributed by atoms with van der Waals surface area (Å²) in [5.41, 5.74) is 2.16. The molecule has 0 fully saturated rings. The smallest absolute Gasteiger partial charge is 0.403 e. The fourth-order valence-electron chi connectivity index (χ4n) is 1.94. The lowest BCUT2D eigenvalue weighted by atomic mass is 10.1. The predicted molar refractivity (Wildman–Crippen MR) is 78.5 cm³/mol. The number of nitrogens with zero attached hydrogens (tertiary/aromatic N) is 2. The molecule has 0 aromatic heterocycles. The highest BCUT2D eigenvalue weighted by Crippen LogP contribution is 2.22. The first kappa shape index (κ1) is 15.7. The number of benzene rings is 1. The molecule has 116 valence electrons. The van der Waals surface area contributed by atoms with Gasteiger partial charge in [-0.25, -0.2) is 10.0 Å². The lowest BCUT2D eigenvalue weighted by molar-refractivity contribution is -0.830. The van der Waals surface area contributed by atoms with E-state index in [1.54, 1.807) is 50.5 Å². The molecule has 2 rings (SSSR count). The third kappa shape index (κ3) is 3.33. The average molecular weight is 305 g/mol. The van der Waals surface area contributed by atoms with E-state index >= 15 is 0 Å². The van der Waals surface area contributed by atoms with Gasteiger partial charge in [0.1, 0.15) is 0 Å². The maximum atomic E-state index is 11.7. The van der Waals surface area contributed by atoms with Crippen LogP contribution in [0.3, 0.4) is 0 Å². The number of carbonyl (C=O) groups is 1.